The van der Waals surface area contributed by atoms with Gasteiger partial charge in [-0.05, 0) is 22.9 Å². The number of halogens is 2. The highest BCUT2D eigenvalue weighted by Gasteiger charge is 2.20. The second kappa shape index (κ2) is 6.63. The maximum atomic E-state index is 12.9. The van der Waals surface area contributed by atoms with Crippen LogP contribution in [0.1, 0.15) is 22.8 Å². The Morgan fingerprint density at radius 3 is 2.29 bits per heavy atom. The number of benzene rings is 3. The minimum absolute atomic E-state index is 0.0398. The molecule has 24 heavy (non-hydrogen) atoms. The molecule has 0 saturated carbocycles. The van der Waals surface area contributed by atoms with Crippen LogP contribution in [0.15, 0.2) is 54.6 Å². The highest BCUT2D eigenvalue weighted by Crippen LogP contribution is 2.36. The molecule has 0 unspecified atom stereocenters. The van der Waals surface area contributed by atoms with Crippen LogP contribution in [-0.2, 0) is 4.79 Å². The number of esters is 1. The van der Waals surface area contributed by atoms with Crippen molar-refractivity contribution in [3.63, 3.8) is 0 Å². The fraction of sp³-hybridized carbons (Fsp3) is 0.0526. The van der Waals surface area contributed by atoms with E-state index in [0.29, 0.717) is 5.56 Å². The molecule has 0 aliphatic heterocycles. The summed E-state index contributed by atoms with van der Waals surface area (Å²) in [6.07, 6.45) is 0. The first kappa shape index (κ1) is 16.5. The summed E-state index contributed by atoms with van der Waals surface area (Å²) >= 11 is 12.4. The second-order valence-corrected chi connectivity index (χ2v) is 5.94. The monoisotopic (exact) mass is 358 g/mol. The van der Waals surface area contributed by atoms with Crippen molar-refractivity contribution in [1.29, 1.82) is 0 Å². The third-order valence-corrected chi connectivity index (χ3v) is 4.44. The number of ketones is 1. The van der Waals surface area contributed by atoms with Gasteiger partial charge in [-0.1, -0.05) is 65.7 Å². The van der Waals surface area contributed by atoms with Gasteiger partial charge < -0.3 is 4.74 Å². The van der Waals surface area contributed by atoms with Crippen molar-refractivity contribution in [3.8, 4) is 5.75 Å². The Morgan fingerprint density at radius 1 is 0.833 bits per heavy atom. The molecule has 0 spiro atoms. The predicted molar refractivity (Wildman–Crippen MR) is 95.2 cm³/mol. The van der Waals surface area contributed by atoms with Gasteiger partial charge in [0, 0.05) is 18.1 Å². The number of carbonyl (C=O) groups is 2. The van der Waals surface area contributed by atoms with E-state index in [1.54, 1.807) is 6.07 Å². The fourth-order valence-electron chi connectivity index (χ4n) is 2.51. The summed E-state index contributed by atoms with van der Waals surface area (Å²) in [7, 11) is 0. The van der Waals surface area contributed by atoms with E-state index in [-0.39, 0.29) is 27.1 Å². The molecular weight excluding hydrogens is 347 g/mol. The van der Waals surface area contributed by atoms with Crippen LogP contribution in [0.2, 0.25) is 10.0 Å². The van der Waals surface area contributed by atoms with Crippen molar-refractivity contribution in [1.82, 2.24) is 0 Å². The molecule has 5 heteroatoms. The molecule has 0 aliphatic rings. The van der Waals surface area contributed by atoms with Gasteiger partial charge in [-0.2, -0.15) is 0 Å². The van der Waals surface area contributed by atoms with Gasteiger partial charge in [-0.25, -0.2) is 0 Å². The molecule has 0 heterocycles. The van der Waals surface area contributed by atoms with Crippen molar-refractivity contribution < 1.29 is 14.3 Å². The zero-order valence-corrected chi connectivity index (χ0v) is 14.2. The van der Waals surface area contributed by atoms with Gasteiger partial charge in [-0.3, -0.25) is 9.59 Å². The summed E-state index contributed by atoms with van der Waals surface area (Å²) in [5.41, 5.74) is 0.792. The van der Waals surface area contributed by atoms with Crippen LogP contribution in [0.3, 0.4) is 0 Å². The molecule has 120 valence electrons. The standard InChI is InChI=1S/C19H12Cl2O3/c1-11(22)24-16-10-9-15(17(20)18(16)21)19(23)14-8-4-6-12-5-2-3-7-13(12)14/h2-10H,1H3. The van der Waals surface area contributed by atoms with E-state index in [0.717, 1.165) is 10.8 Å². The largest absolute Gasteiger partial charge is 0.425 e. The molecule has 0 atom stereocenters. The molecule has 0 radical (unpaired) electrons. The molecular formula is C19H12Cl2O3. The zero-order valence-electron chi connectivity index (χ0n) is 12.7. The van der Waals surface area contributed by atoms with Crippen LogP contribution < -0.4 is 4.74 Å². The van der Waals surface area contributed by atoms with Gasteiger partial charge in [0.25, 0.3) is 0 Å². The molecule has 3 nitrogen and oxygen atoms in total. The van der Waals surface area contributed by atoms with Crippen LogP contribution in [0.25, 0.3) is 10.8 Å². The first-order valence-corrected chi connectivity index (χ1v) is 7.93. The molecule has 0 saturated heterocycles. The predicted octanol–water partition coefficient (Wildman–Crippen LogP) is 5.30. The maximum Gasteiger partial charge on any atom is 0.308 e. The molecule has 0 bridgehead atoms. The Kier molecular flexibility index (Phi) is 4.56. The van der Waals surface area contributed by atoms with Crippen molar-refractivity contribution in [2.45, 2.75) is 6.92 Å². The molecule has 0 aliphatic carbocycles. The van der Waals surface area contributed by atoms with E-state index >= 15 is 0 Å². The molecule has 0 amide bonds. The summed E-state index contributed by atoms with van der Waals surface area (Å²) in [6.45, 7) is 1.26. The van der Waals surface area contributed by atoms with Crippen LogP contribution in [-0.4, -0.2) is 11.8 Å². The van der Waals surface area contributed by atoms with E-state index in [2.05, 4.69) is 0 Å². The number of carbonyl (C=O) groups excluding carboxylic acids is 2. The second-order valence-electron chi connectivity index (χ2n) is 5.19. The molecule has 0 fully saturated rings. The maximum absolute atomic E-state index is 12.9. The average Bonchev–Trinajstić information content (AvgIpc) is 2.58. The summed E-state index contributed by atoms with van der Waals surface area (Å²) in [5, 5.41) is 1.90. The van der Waals surface area contributed by atoms with Gasteiger partial charge in [0.05, 0.1) is 5.02 Å². The lowest BCUT2D eigenvalue weighted by Gasteiger charge is -2.11. The Hall–Kier alpha value is -2.36. The summed E-state index contributed by atoms with van der Waals surface area (Å²) in [4.78, 5) is 24.0. The number of fused-ring (bicyclic) bond motifs is 1. The van der Waals surface area contributed by atoms with Crippen LogP contribution >= 0.6 is 23.2 Å². The van der Waals surface area contributed by atoms with Crippen molar-refractivity contribution in [2.24, 2.45) is 0 Å². The van der Waals surface area contributed by atoms with E-state index < -0.39 is 5.97 Å². The molecule has 0 aromatic heterocycles. The third kappa shape index (κ3) is 3.01. The van der Waals surface area contributed by atoms with E-state index in [1.165, 1.54) is 19.1 Å². The summed E-state index contributed by atoms with van der Waals surface area (Å²) in [6, 6.07) is 16.1. The van der Waals surface area contributed by atoms with Crippen LogP contribution in [0.4, 0.5) is 0 Å². The lowest BCUT2D eigenvalue weighted by molar-refractivity contribution is -0.131. The average molecular weight is 359 g/mol. The highest BCUT2D eigenvalue weighted by atomic mass is 35.5. The lowest BCUT2D eigenvalue weighted by atomic mass is 9.97. The van der Waals surface area contributed by atoms with Crippen molar-refractivity contribution in [2.75, 3.05) is 0 Å². The van der Waals surface area contributed by atoms with Gasteiger partial charge in [-0.15, -0.1) is 0 Å². The van der Waals surface area contributed by atoms with E-state index in [4.69, 9.17) is 27.9 Å². The Bertz CT molecular complexity index is 959. The number of rotatable bonds is 3. The Balaban J connectivity index is 2.10. The van der Waals surface area contributed by atoms with Gasteiger partial charge in [0.1, 0.15) is 5.02 Å². The number of ether oxygens (including phenoxy) is 1. The topological polar surface area (TPSA) is 43.4 Å². The zero-order chi connectivity index (χ0) is 17.3. The van der Waals surface area contributed by atoms with Gasteiger partial charge in [0.15, 0.2) is 11.5 Å². The summed E-state index contributed by atoms with van der Waals surface area (Å²) in [5.74, 6) is -0.627. The molecule has 0 N–H and O–H groups in total. The quantitative estimate of drug-likeness (QED) is 0.362. The minimum atomic E-state index is -0.513. The van der Waals surface area contributed by atoms with Gasteiger partial charge in [0.2, 0.25) is 0 Å². The SMILES string of the molecule is CC(=O)Oc1ccc(C(=O)c2cccc3ccccc23)c(Cl)c1Cl. The van der Waals surface area contributed by atoms with E-state index in [1.807, 2.05) is 36.4 Å². The normalized spacial score (nSPS) is 10.6. The lowest BCUT2D eigenvalue weighted by Crippen LogP contribution is -2.06. The van der Waals surface area contributed by atoms with Crippen LogP contribution in [0, 0.1) is 0 Å². The Morgan fingerprint density at radius 2 is 1.54 bits per heavy atom. The van der Waals surface area contributed by atoms with Crippen LogP contribution in [0.5, 0.6) is 5.75 Å². The third-order valence-electron chi connectivity index (χ3n) is 3.58. The van der Waals surface area contributed by atoms with Crippen molar-refractivity contribution >= 4 is 45.7 Å². The molecule has 3 rings (SSSR count). The smallest absolute Gasteiger partial charge is 0.308 e. The fourth-order valence-corrected chi connectivity index (χ4v) is 2.95. The number of hydrogen-bond acceptors (Lipinski definition) is 3. The Labute approximate surface area is 148 Å². The van der Waals surface area contributed by atoms with Gasteiger partial charge >= 0.3 is 5.97 Å². The summed E-state index contributed by atoms with van der Waals surface area (Å²) < 4.78 is 4.97. The minimum Gasteiger partial charge on any atom is -0.425 e. The number of hydrogen-bond donors (Lipinski definition) is 0. The highest BCUT2D eigenvalue weighted by molar-refractivity contribution is 6.45. The van der Waals surface area contributed by atoms with Crippen molar-refractivity contribution in [3.05, 3.63) is 75.8 Å². The first-order valence-electron chi connectivity index (χ1n) is 7.18. The first-order chi connectivity index (χ1) is 11.5. The van der Waals surface area contributed by atoms with E-state index in [9.17, 15) is 9.59 Å². The molecule has 3 aromatic rings. The molecule has 3 aromatic carbocycles.